The summed E-state index contributed by atoms with van der Waals surface area (Å²) in [6.45, 7) is 5.30. The second kappa shape index (κ2) is 8.71. The van der Waals surface area contributed by atoms with Crippen molar-refractivity contribution in [2.24, 2.45) is 0 Å². The number of alkyl halides is 3. The predicted molar refractivity (Wildman–Crippen MR) is 107 cm³/mol. The molecule has 1 aromatic heterocycles. The Morgan fingerprint density at radius 2 is 1.97 bits per heavy atom. The number of hydrogen-bond acceptors (Lipinski definition) is 4. The van der Waals surface area contributed by atoms with Gasteiger partial charge in [-0.15, -0.1) is 0 Å². The summed E-state index contributed by atoms with van der Waals surface area (Å²) in [6, 6.07) is 3.37. The fourth-order valence-electron chi connectivity index (χ4n) is 3.92. The van der Waals surface area contributed by atoms with Gasteiger partial charge in [-0.1, -0.05) is 6.07 Å². The van der Waals surface area contributed by atoms with E-state index in [0.29, 0.717) is 12.1 Å². The summed E-state index contributed by atoms with van der Waals surface area (Å²) in [5, 5.41) is 5.53. The van der Waals surface area contributed by atoms with E-state index in [1.165, 1.54) is 17.0 Å². The number of carbonyl (C=O) groups is 2. The molecular weight excluding hydrogens is 432 g/mol. The van der Waals surface area contributed by atoms with E-state index in [-0.39, 0.29) is 48.3 Å². The van der Waals surface area contributed by atoms with Crippen LogP contribution >= 0.6 is 0 Å². The Hall–Kier alpha value is -3.24. The Kier molecular flexibility index (Phi) is 6.38. The highest BCUT2D eigenvalue weighted by molar-refractivity contribution is 5.97. The molecule has 0 spiro atoms. The van der Waals surface area contributed by atoms with Crippen LogP contribution < -0.4 is 5.56 Å². The molecule has 1 saturated heterocycles. The third-order valence-corrected chi connectivity index (χ3v) is 5.53. The number of piperazine rings is 1. The van der Waals surface area contributed by atoms with Crippen LogP contribution in [0.4, 0.5) is 17.6 Å². The second-order valence-electron chi connectivity index (χ2n) is 7.70. The molecule has 1 fully saturated rings. The first kappa shape index (κ1) is 23.4. The van der Waals surface area contributed by atoms with E-state index in [9.17, 15) is 31.9 Å². The molecule has 7 nitrogen and oxygen atoms in total. The SMILES string of the molecule is CCN1C(=O)CN(C(=O)c2cc(Cc3n[nH]c(=O)c(C(F)(F)F)c3C)ccc2F)C[C@H]1C. The molecule has 0 unspecified atom stereocenters. The van der Waals surface area contributed by atoms with Gasteiger partial charge in [0.2, 0.25) is 5.91 Å². The molecule has 1 atom stereocenters. The first-order valence-corrected chi connectivity index (χ1v) is 9.96. The second-order valence-corrected chi connectivity index (χ2v) is 7.70. The Balaban J connectivity index is 1.90. The summed E-state index contributed by atoms with van der Waals surface area (Å²) < 4.78 is 54.0. The number of carbonyl (C=O) groups excluding carboxylic acids is 2. The van der Waals surface area contributed by atoms with E-state index in [1.54, 1.807) is 11.8 Å². The lowest BCUT2D eigenvalue weighted by atomic mass is 10.0. The van der Waals surface area contributed by atoms with E-state index < -0.39 is 29.0 Å². The highest BCUT2D eigenvalue weighted by atomic mass is 19.4. The largest absolute Gasteiger partial charge is 0.422 e. The number of likely N-dealkylation sites (N-methyl/N-ethyl adjacent to an activating group) is 1. The Morgan fingerprint density at radius 3 is 2.56 bits per heavy atom. The predicted octanol–water partition coefficient (Wildman–Crippen LogP) is 2.52. The molecule has 0 saturated carbocycles. The Labute approximate surface area is 181 Å². The molecule has 2 aromatic rings. The van der Waals surface area contributed by atoms with Crippen molar-refractivity contribution < 1.29 is 27.2 Å². The van der Waals surface area contributed by atoms with Gasteiger partial charge in [0.05, 0.1) is 11.3 Å². The van der Waals surface area contributed by atoms with Gasteiger partial charge in [0.25, 0.3) is 11.5 Å². The monoisotopic (exact) mass is 454 g/mol. The zero-order chi connectivity index (χ0) is 23.8. The van der Waals surface area contributed by atoms with Gasteiger partial charge in [0.15, 0.2) is 0 Å². The van der Waals surface area contributed by atoms with Crippen LogP contribution in [0, 0.1) is 12.7 Å². The van der Waals surface area contributed by atoms with Crippen molar-refractivity contribution in [3.05, 3.63) is 62.3 Å². The molecule has 1 N–H and O–H groups in total. The summed E-state index contributed by atoms with van der Waals surface area (Å²) in [5.41, 5.74) is -3.04. The van der Waals surface area contributed by atoms with E-state index in [0.717, 1.165) is 13.0 Å². The van der Waals surface area contributed by atoms with Crippen molar-refractivity contribution in [3.63, 3.8) is 0 Å². The average Bonchev–Trinajstić information content (AvgIpc) is 2.69. The molecule has 11 heteroatoms. The quantitative estimate of drug-likeness (QED) is 0.720. The zero-order valence-electron chi connectivity index (χ0n) is 17.7. The molecule has 172 valence electrons. The Bertz CT molecular complexity index is 1110. The molecule has 3 rings (SSSR count). The molecule has 2 heterocycles. The van der Waals surface area contributed by atoms with Crippen LogP contribution in [-0.4, -0.2) is 57.5 Å². The number of benzene rings is 1. The first-order chi connectivity index (χ1) is 14.9. The molecule has 1 aliphatic heterocycles. The molecule has 0 aliphatic carbocycles. The summed E-state index contributed by atoms with van der Waals surface area (Å²) in [4.78, 5) is 39.6. The maximum absolute atomic E-state index is 14.4. The molecule has 1 aromatic carbocycles. The van der Waals surface area contributed by atoms with Gasteiger partial charge in [-0.2, -0.15) is 18.3 Å². The smallest absolute Gasteiger partial charge is 0.337 e. The highest BCUT2D eigenvalue weighted by Crippen LogP contribution is 2.30. The summed E-state index contributed by atoms with van der Waals surface area (Å²) >= 11 is 0. The number of rotatable bonds is 4. The first-order valence-electron chi connectivity index (χ1n) is 9.96. The number of nitrogens with one attached hydrogen (secondary N) is 1. The van der Waals surface area contributed by atoms with Crippen molar-refractivity contribution in [1.29, 1.82) is 0 Å². The lowest BCUT2D eigenvalue weighted by Crippen LogP contribution is -2.56. The van der Waals surface area contributed by atoms with E-state index in [2.05, 4.69) is 5.10 Å². The van der Waals surface area contributed by atoms with Crippen LogP contribution in [0.1, 0.15) is 46.6 Å². The molecule has 1 aliphatic rings. The summed E-state index contributed by atoms with van der Waals surface area (Å²) in [7, 11) is 0. The third kappa shape index (κ3) is 4.51. The van der Waals surface area contributed by atoms with E-state index >= 15 is 0 Å². The number of amides is 2. The maximum atomic E-state index is 14.4. The standard InChI is InChI=1S/C21H22F4N4O3/c1-4-29-11(2)9-28(10-17(29)30)20(32)14-7-13(5-6-15(14)22)8-16-12(3)18(21(23,24)25)19(31)27-26-16/h5-7,11H,4,8-10H2,1-3H3,(H,27,31)/t11-/m1/s1. The number of halogens is 4. The lowest BCUT2D eigenvalue weighted by molar-refractivity contribution is -0.139. The Morgan fingerprint density at radius 1 is 1.28 bits per heavy atom. The molecule has 2 amide bonds. The zero-order valence-corrected chi connectivity index (χ0v) is 17.7. The number of nitrogens with zero attached hydrogens (tertiary/aromatic N) is 3. The van der Waals surface area contributed by atoms with Gasteiger partial charge in [-0.25, -0.2) is 9.49 Å². The van der Waals surface area contributed by atoms with Crippen molar-refractivity contribution in [1.82, 2.24) is 20.0 Å². The van der Waals surface area contributed by atoms with Crippen molar-refractivity contribution >= 4 is 11.8 Å². The van der Waals surface area contributed by atoms with Crippen LogP contribution in [-0.2, 0) is 17.4 Å². The lowest BCUT2D eigenvalue weighted by Gasteiger charge is -2.39. The van der Waals surface area contributed by atoms with Crippen LogP contribution in [0.3, 0.4) is 0 Å². The maximum Gasteiger partial charge on any atom is 0.422 e. The summed E-state index contributed by atoms with van der Waals surface area (Å²) in [5.74, 6) is -1.73. The molecular formula is C21H22F4N4O3. The highest BCUT2D eigenvalue weighted by Gasteiger charge is 2.37. The van der Waals surface area contributed by atoms with Crippen molar-refractivity contribution in [2.45, 2.75) is 39.4 Å². The van der Waals surface area contributed by atoms with Crippen LogP contribution in [0.25, 0.3) is 0 Å². The molecule has 0 bridgehead atoms. The van der Waals surface area contributed by atoms with Crippen LogP contribution in [0.15, 0.2) is 23.0 Å². The van der Waals surface area contributed by atoms with E-state index in [4.69, 9.17) is 0 Å². The van der Waals surface area contributed by atoms with Gasteiger partial charge in [-0.05, 0) is 44.0 Å². The topological polar surface area (TPSA) is 86.4 Å². The fraction of sp³-hybridized carbons (Fsp3) is 0.429. The van der Waals surface area contributed by atoms with Crippen molar-refractivity contribution in [3.8, 4) is 0 Å². The average molecular weight is 454 g/mol. The minimum atomic E-state index is -4.86. The fourth-order valence-corrected chi connectivity index (χ4v) is 3.92. The summed E-state index contributed by atoms with van der Waals surface area (Å²) in [6.07, 6.45) is -5.02. The van der Waals surface area contributed by atoms with Gasteiger partial charge in [0, 0.05) is 25.6 Å². The third-order valence-electron chi connectivity index (χ3n) is 5.53. The number of aromatic amines is 1. The minimum absolute atomic E-state index is 0.0534. The number of aromatic nitrogens is 2. The van der Waals surface area contributed by atoms with E-state index in [1.807, 2.05) is 12.0 Å². The van der Waals surface area contributed by atoms with Gasteiger partial charge < -0.3 is 9.80 Å². The molecule has 0 radical (unpaired) electrons. The van der Waals surface area contributed by atoms with Crippen molar-refractivity contribution in [2.75, 3.05) is 19.6 Å². The number of hydrogen-bond donors (Lipinski definition) is 1. The van der Waals surface area contributed by atoms with Crippen LogP contribution in [0.2, 0.25) is 0 Å². The van der Waals surface area contributed by atoms with Gasteiger partial charge in [0.1, 0.15) is 17.9 Å². The van der Waals surface area contributed by atoms with Gasteiger partial charge >= 0.3 is 6.18 Å². The minimum Gasteiger partial charge on any atom is -0.337 e. The normalized spacial score (nSPS) is 17.1. The molecule has 32 heavy (non-hydrogen) atoms. The number of H-pyrrole nitrogens is 1. The van der Waals surface area contributed by atoms with Crippen LogP contribution in [0.5, 0.6) is 0 Å². The van der Waals surface area contributed by atoms with Gasteiger partial charge in [-0.3, -0.25) is 14.4 Å².